The number of hydrogen-bond acceptors (Lipinski definition) is 4. The number of pyridine rings is 2. The maximum atomic E-state index is 9.61. The number of aromatic nitrogens is 2. The highest BCUT2D eigenvalue weighted by molar-refractivity contribution is 5.79. The zero-order valence-electron chi connectivity index (χ0n) is 16.7. The van der Waals surface area contributed by atoms with Gasteiger partial charge in [0.05, 0.1) is 17.6 Å². The van der Waals surface area contributed by atoms with E-state index in [0.29, 0.717) is 11.3 Å². The molecule has 1 fully saturated rings. The van der Waals surface area contributed by atoms with Crippen LogP contribution in [0.4, 0.5) is 5.69 Å². The van der Waals surface area contributed by atoms with Gasteiger partial charge in [-0.2, -0.15) is 0 Å². The summed E-state index contributed by atoms with van der Waals surface area (Å²) in [7, 11) is 0. The SMILES string of the molecule is Cc1ncc(-c2ccc(O)cn2)c(N2CCC(C)(C)CC2)c1CC(C)C. The first-order chi connectivity index (χ1) is 12.3. The maximum Gasteiger partial charge on any atom is 0.133 e. The smallest absolute Gasteiger partial charge is 0.133 e. The van der Waals surface area contributed by atoms with Crippen LogP contribution in [0.25, 0.3) is 11.3 Å². The summed E-state index contributed by atoms with van der Waals surface area (Å²) in [6.45, 7) is 13.5. The van der Waals surface area contributed by atoms with E-state index in [1.807, 2.05) is 12.3 Å². The first-order valence-corrected chi connectivity index (χ1v) is 9.65. The first kappa shape index (κ1) is 18.7. The molecule has 1 aliphatic rings. The molecular formula is C22H31N3O. The van der Waals surface area contributed by atoms with E-state index in [1.165, 1.54) is 30.3 Å². The second-order valence-electron chi connectivity index (χ2n) is 8.74. The summed E-state index contributed by atoms with van der Waals surface area (Å²) >= 11 is 0. The van der Waals surface area contributed by atoms with E-state index in [9.17, 15) is 5.11 Å². The minimum Gasteiger partial charge on any atom is -0.506 e. The first-order valence-electron chi connectivity index (χ1n) is 9.65. The largest absolute Gasteiger partial charge is 0.506 e. The summed E-state index contributed by atoms with van der Waals surface area (Å²) < 4.78 is 0. The van der Waals surface area contributed by atoms with Crippen molar-refractivity contribution in [2.24, 2.45) is 11.3 Å². The van der Waals surface area contributed by atoms with Gasteiger partial charge >= 0.3 is 0 Å². The summed E-state index contributed by atoms with van der Waals surface area (Å²) in [5.41, 5.74) is 6.10. The van der Waals surface area contributed by atoms with Gasteiger partial charge in [-0.3, -0.25) is 9.97 Å². The van der Waals surface area contributed by atoms with Crippen molar-refractivity contribution in [3.05, 3.63) is 35.8 Å². The molecule has 1 aliphatic heterocycles. The van der Waals surface area contributed by atoms with Crippen LogP contribution in [0.15, 0.2) is 24.5 Å². The summed E-state index contributed by atoms with van der Waals surface area (Å²) in [6.07, 6.45) is 6.86. The summed E-state index contributed by atoms with van der Waals surface area (Å²) in [5, 5.41) is 9.61. The van der Waals surface area contributed by atoms with Gasteiger partial charge in [0.25, 0.3) is 0 Å². The quantitative estimate of drug-likeness (QED) is 0.842. The zero-order chi connectivity index (χ0) is 18.9. The minimum atomic E-state index is 0.192. The van der Waals surface area contributed by atoms with Crippen molar-refractivity contribution in [2.75, 3.05) is 18.0 Å². The molecule has 1 N–H and O–H groups in total. The van der Waals surface area contributed by atoms with Crippen LogP contribution in [-0.2, 0) is 6.42 Å². The molecule has 0 bridgehead atoms. The third-order valence-electron chi connectivity index (χ3n) is 5.43. The Balaban J connectivity index is 2.10. The Morgan fingerprint density at radius 3 is 2.38 bits per heavy atom. The molecule has 1 saturated heterocycles. The van der Waals surface area contributed by atoms with Gasteiger partial charge in [0.15, 0.2) is 0 Å². The van der Waals surface area contributed by atoms with Gasteiger partial charge in [0.2, 0.25) is 0 Å². The van der Waals surface area contributed by atoms with E-state index in [0.717, 1.165) is 36.5 Å². The second kappa shape index (κ2) is 7.26. The van der Waals surface area contributed by atoms with Gasteiger partial charge in [-0.05, 0) is 55.2 Å². The zero-order valence-corrected chi connectivity index (χ0v) is 16.7. The van der Waals surface area contributed by atoms with Crippen LogP contribution < -0.4 is 4.90 Å². The Labute approximate surface area is 157 Å². The molecule has 0 spiro atoms. The predicted molar refractivity (Wildman–Crippen MR) is 108 cm³/mol. The average molecular weight is 354 g/mol. The molecule has 0 aliphatic carbocycles. The molecule has 0 saturated carbocycles. The Hall–Kier alpha value is -2.10. The lowest BCUT2D eigenvalue weighted by molar-refractivity contribution is 0.279. The van der Waals surface area contributed by atoms with Gasteiger partial charge in [0.1, 0.15) is 5.75 Å². The molecule has 0 amide bonds. The number of aromatic hydroxyl groups is 1. The molecule has 0 aromatic carbocycles. The number of piperidine rings is 1. The van der Waals surface area contributed by atoms with Crippen LogP contribution in [0.2, 0.25) is 0 Å². The lowest BCUT2D eigenvalue weighted by Gasteiger charge is -2.40. The van der Waals surface area contributed by atoms with Crippen LogP contribution in [0.3, 0.4) is 0 Å². The van der Waals surface area contributed by atoms with Gasteiger partial charge in [0, 0.05) is 30.5 Å². The Bertz CT molecular complexity index is 756. The third-order valence-corrected chi connectivity index (χ3v) is 5.43. The summed E-state index contributed by atoms with van der Waals surface area (Å²) in [4.78, 5) is 11.7. The maximum absolute atomic E-state index is 9.61. The van der Waals surface area contributed by atoms with Crippen molar-refractivity contribution in [3.8, 4) is 17.0 Å². The van der Waals surface area contributed by atoms with Crippen molar-refractivity contribution < 1.29 is 5.11 Å². The topological polar surface area (TPSA) is 49.3 Å². The summed E-state index contributed by atoms with van der Waals surface area (Å²) in [6, 6.07) is 3.59. The third kappa shape index (κ3) is 4.00. The fraction of sp³-hybridized carbons (Fsp3) is 0.545. The standard InChI is InChI=1S/C22H31N3O/c1-15(2)12-18-16(3)23-14-19(20-7-6-17(26)13-24-20)21(18)25-10-8-22(4,5)9-11-25/h6-7,13-15,26H,8-12H2,1-5H3. The summed E-state index contributed by atoms with van der Waals surface area (Å²) in [5.74, 6) is 0.760. The molecule has 4 heteroatoms. The Morgan fingerprint density at radius 1 is 1.12 bits per heavy atom. The van der Waals surface area contributed by atoms with Gasteiger partial charge in [-0.15, -0.1) is 0 Å². The van der Waals surface area contributed by atoms with Gasteiger partial charge in [-0.25, -0.2) is 0 Å². The molecule has 0 unspecified atom stereocenters. The van der Waals surface area contributed by atoms with Crippen molar-refractivity contribution in [2.45, 2.75) is 53.9 Å². The van der Waals surface area contributed by atoms with E-state index < -0.39 is 0 Å². The van der Waals surface area contributed by atoms with Crippen molar-refractivity contribution in [1.29, 1.82) is 0 Å². The molecule has 2 aromatic rings. The normalized spacial score (nSPS) is 16.9. The molecule has 4 nitrogen and oxygen atoms in total. The van der Waals surface area contributed by atoms with E-state index in [1.54, 1.807) is 6.07 Å². The van der Waals surface area contributed by atoms with E-state index in [-0.39, 0.29) is 5.75 Å². The molecule has 3 rings (SSSR count). The highest BCUT2D eigenvalue weighted by Gasteiger charge is 2.29. The van der Waals surface area contributed by atoms with Crippen LogP contribution in [0.1, 0.15) is 51.8 Å². The van der Waals surface area contributed by atoms with Gasteiger partial charge < -0.3 is 10.0 Å². The van der Waals surface area contributed by atoms with Crippen LogP contribution in [-0.4, -0.2) is 28.2 Å². The Kier molecular flexibility index (Phi) is 5.22. The molecule has 26 heavy (non-hydrogen) atoms. The lowest BCUT2D eigenvalue weighted by atomic mass is 9.82. The lowest BCUT2D eigenvalue weighted by Crippen LogP contribution is -2.38. The molecule has 3 heterocycles. The number of nitrogens with zero attached hydrogens (tertiary/aromatic N) is 3. The molecule has 0 atom stereocenters. The number of aryl methyl sites for hydroxylation is 1. The van der Waals surface area contributed by atoms with Crippen LogP contribution in [0, 0.1) is 18.3 Å². The van der Waals surface area contributed by atoms with E-state index in [4.69, 9.17) is 0 Å². The predicted octanol–water partition coefficient (Wildman–Crippen LogP) is 4.98. The van der Waals surface area contributed by atoms with Gasteiger partial charge in [-0.1, -0.05) is 27.7 Å². The minimum absolute atomic E-state index is 0.192. The second-order valence-corrected chi connectivity index (χ2v) is 8.74. The molecule has 0 radical (unpaired) electrons. The number of anilines is 1. The fourth-order valence-electron chi connectivity index (χ4n) is 3.72. The number of hydrogen-bond donors (Lipinski definition) is 1. The van der Waals surface area contributed by atoms with Crippen molar-refractivity contribution in [3.63, 3.8) is 0 Å². The highest BCUT2D eigenvalue weighted by Crippen LogP contribution is 2.39. The fourth-order valence-corrected chi connectivity index (χ4v) is 3.72. The van der Waals surface area contributed by atoms with Crippen molar-refractivity contribution in [1.82, 2.24) is 9.97 Å². The monoisotopic (exact) mass is 353 g/mol. The van der Waals surface area contributed by atoms with E-state index in [2.05, 4.69) is 49.5 Å². The van der Waals surface area contributed by atoms with Crippen LogP contribution >= 0.6 is 0 Å². The Morgan fingerprint density at radius 2 is 1.81 bits per heavy atom. The number of rotatable bonds is 4. The molecule has 140 valence electrons. The average Bonchev–Trinajstić information content (AvgIpc) is 2.57. The van der Waals surface area contributed by atoms with Crippen molar-refractivity contribution >= 4 is 5.69 Å². The molecular weight excluding hydrogens is 322 g/mol. The highest BCUT2D eigenvalue weighted by atomic mass is 16.3. The molecule has 2 aromatic heterocycles. The van der Waals surface area contributed by atoms with E-state index >= 15 is 0 Å². The van der Waals surface area contributed by atoms with Crippen LogP contribution in [0.5, 0.6) is 5.75 Å².